The zero-order valence-electron chi connectivity index (χ0n) is 8.63. The van der Waals surface area contributed by atoms with Gasteiger partial charge in [-0.2, -0.15) is 0 Å². The Balaban J connectivity index is 3.05. The minimum Gasteiger partial charge on any atom is -0.392 e. The summed E-state index contributed by atoms with van der Waals surface area (Å²) in [4.78, 5) is 10.7. The zero-order valence-corrected chi connectivity index (χ0v) is 8.63. The van der Waals surface area contributed by atoms with E-state index in [-0.39, 0.29) is 17.9 Å². The molecule has 74 valence electrons. The number of hydrogen-bond acceptors (Lipinski definition) is 2. The first-order chi connectivity index (χ1) is 6.03. The SMILES string of the molecule is CC1=C(CO)C(C)(C)CCC1C=O. The molecule has 13 heavy (non-hydrogen) atoms. The molecule has 0 aromatic rings. The van der Waals surface area contributed by atoms with Gasteiger partial charge in [0, 0.05) is 5.92 Å². The molecule has 1 aliphatic carbocycles. The lowest BCUT2D eigenvalue weighted by atomic mass is 9.69. The molecule has 0 heterocycles. The van der Waals surface area contributed by atoms with Crippen LogP contribution in [0.15, 0.2) is 11.1 Å². The topological polar surface area (TPSA) is 37.3 Å². The van der Waals surface area contributed by atoms with Crippen molar-refractivity contribution in [1.82, 2.24) is 0 Å². The number of allylic oxidation sites excluding steroid dienone is 1. The maximum Gasteiger partial charge on any atom is 0.127 e. The Bertz CT molecular complexity index is 238. The van der Waals surface area contributed by atoms with Gasteiger partial charge in [0.1, 0.15) is 6.29 Å². The van der Waals surface area contributed by atoms with E-state index >= 15 is 0 Å². The van der Waals surface area contributed by atoms with Crippen LogP contribution in [0, 0.1) is 11.3 Å². The van der Waals surface area contributed by atoms with Gasteiger partial charge < -0.3 is 9.90 Å². The van der Waals surface area contributed by atoms with Crippen molar-refractivity contribution in [1.29, 1.82) is 0 Å². The summed E-state index contributed by atoms with van der Waals surface area (Å²) in [5.41, 5.74) is 2.20. The Labute approximate surface area is 79.6 Å². The van der Waals surface area contributed by atoms with Crippen LogP contribution in [0.3, 0.4) is 0 Å². The average Bonchev–Trinajstić information content (AvgIpc) is 2.04. The Morgan fingerprint density at radius 3 is 2.69 bits per heavy atom. The number of rotatable bonds is 2. The van der Waals surface area contributed by atoms with E-state index in [1.54, 1.807) is 0 Å². The van der Waals surface area contributed by atoms with E-state index in [9.17, 15) is 9.90 Å². The van der Waals surface area contributed by atoms with E-state index < -0.39 is 0 Å². The third-order valence-electron chi connectivity index (χ3n) is 3.25. The molecule has 1 atom stereocenters. The summed E-state index contributed by atoms with van der Waals surface area (Å²) >= 11 is 0. The monoisotopic (exact) mass is 182 g/mol. The molecule has 0 amide bonds. The van der Waals surface area contributed by atoms with E-state index in [1.165, 1.54) is 0 Å². The number of aliphatic hydroxyl groups excluding tert-OH is 1. The molecule has 1 rings (SSSR count). The number of aliphatic hydroxyl groups is 1. The van der Waals surface area contributed by atoms with Crippen molar-refractivity contribution < 1.29 is 9.90 Å². The molecule has 0 aromatic carbocycles. The highest BCUT2D eigenvalue weighted by Gasteiger charge is 2.32. The van der Waals surface area contributed by atoms with Gasteiger partial charge in [0.15, 0.2) is 0 Å². The predicted molar refractivity (Wildman–Crippen MR) is 52.4 cm³/mol. The second-order valence-electron chi connectivity index (χ2n) is 4.48. The largest absolute Gasteiger partial charge is 0.392 e. The summed E-state index contributed by atoms with van der Waals surface area (Å²) in [6.45, 7) is 6.31. The number of carbonyl (C=O) groups excluding carboxylic acids is 1. The van der Waals surface area contributed by atoms with Crippen molar-refractivity contribution in [2.24, 2.45) is 11.3 Å². The van der Waals surface area contributed by atoms with Gasteiger partial charge >= 0.3 is 0 Å². The molecule has 1 unspecified atom stereocenters. The predicted octanol–water partition coefficient (Wildman–Crippen LogP) is 1.93. The van der Waals surface area contributed by atoms with Gasteiger partial charge in [-0.1, -0.05) is 19.4 Å². The number of hydrogen-bond donors (Lipinski definition) is 1. The van der Waals surface area contributed by atoms with Crippen LogP contribution in [-0.2, 0) is 4.79 Å². The summed E-state index contributed by atoms with van der Waals surface area (Å²) in [5.74, 6) is 0.0372. The molecule has 0 bridgehead atoms. The molecule has 0 saturated carbocycles. The fourth-order valence-electron chi connectivity index (χ4n) is 2.15. The van der Waals surface area contributed by atoms with Crippen molar-refractivity contribution in [3.8, 4) is 0 Å². The average molecular weight is 182 g/mol. The van der Waals surface area contributed by atoms with Crippen molar-refractivity contribution >= 4 is 6.29 Å². The highest BCUT2D eigenvalue weighted by atomic mass is 16.3. The standard InChI is InChI=1S/C11H18O2/c1-8-9(6-12)4-5-11(2,3)10(8)7-13/h6,9,13H,4-5,7H2,1-3H3. The second-order valence-corrected chi connectivity index (χ2v) is 4.48. The minimum atomic E-state index is 0.0372. The Morgan fingerprint density at radius 2 is 2.23 bits per heavy atom. The molecule has 0 aromatic heterocycles. The molecule has 1 N–H and O–H groups in total. The highest BCUT2D eigenvalue weighted by molar-refractivity contribution is 5.60. The van der Waals surface area contributed by atoms with E-state index in [0.29, 0.717) is 0 Å². The summed E-state index contributed by atoms with van der Waals surface area (Å²) in [6.07, 6.45) is 2.91. The molecule has 0 aliphatic heterocycles. The normalized spacial score (nSPS) is 27.5. The number of aldehydes is 1. The molecule has 0 fully saturated rings. The van der Waals surface area contributed by atoms with Gasteiger partial charge in [0.05, 0.1) is 6.61 Å². The van der Waals surface area contributed by atoms with E-state index in [1.807, 2.05) is 6.92 Å². The van der Waals surface area contributed by atoms with Crippen LogP contribution in [0.2, 0.25) is 0 Å². The molecular weight excluding hydrogens is 164 g/mol. The molecule has 0 radical (unpaired) electrons. The summed E-state index contributed by atoms with van der Waals surface area (Å²) in [7, 11) is 0. The Kier molecular flexibility index (Phi) is 2.91. The maximum absolute atomic E-state index is 10.7. The van der Waals surface area contributed by atoms with Crippen molar-refractivity contribution in [3.63, 3.8) is 0 Å². The lowest BCUT2D eigenvalue weighted by Gasteiger charge is -2.36. The van der Waals surface area contributed by atoms with Gasteiger partial charge in [-0.15, -0.1) is 0 Å². The zero-order chi connectivity index (χ0) is 10.1. The Hall–Kier alpha value is -0.630. The molecule has 0 spiro atoms. The van der Waals surface area contributed by atoms with Crippen LogP contribution in [0.1, 0.15) is 33.6 Å². The molecule has 2 heteroatoms. The minimum absolute atomic E-state index is 0.0372. The third-order valence-corrected chi connectivity index (χ3v) is 3.25. The van der Waals surface area contributed by atoms with Crippen molar-refractivity contribution in [3.05, 3.63) is 11.1 Å². The van der Waals surface area contributed by atoms with Gasteiger partial charge in [-0.3, -0.25) is 0 Å². The quantitative estimate of drug-likeness (QED) is 0.523. The summed E-state index contributed by atoms with van der Waals surface area (Å²) in [5, 5.41) is 9.24. The first kappa shape index (κ1) is 10.5. The maximum atomic E-state index is 10.7. The van der Waals surface area contributed by atoms with E-state index in [2.05, 4.69) is 13.8 Å². The second kappa shape index (κ2) is 3.62. The van der Waals surface area contributed by atoms with Crippen LogP contribution in [0.25, 0.3) is 0 Å². The van der Waals surface area contributed by atoms with E-state index in [4.69, 9.17) is 0 Å². The molecule has 0 saturated heterocycles. The summed E-state index contributed by atoms with van der Waals surface area (Å²) in [6, 6.07) is 0. The van der Waals surface area contributed by atoms with Crippen molar-refractivity contribution in [2.75, 3.05) is 6.61 Å². The lowest BCUT2D eigenvalue weighted by molar-refractivity contribution is -0.110. The van der Waals surface area contributed by atoms with Gasteiger partial charge in [-0.05, 0) is 30.8 Å². The van der Waals surface area contributed by atoms with E-state index in [0.717, 1.165) is 30.3 Å². The Morgan fingerprint density at radius 1 is 1.62 bits per heavy atom. The fourth-order valence-corrected chi connectivity index (χ4v) is 2.15. The third kappa shape index (κ3) is 1.83. The number of carbonyl (C=O) groups is 1. The van der Waals surface area contributed by atoms with Gasteiger partial charge in [0.25, 0.3) is 0 Å². The van der Waals surface area contributed by atoms with Crippen LogP contribution >= 0.6 is 0 Å². The van der Waals surface area contributed by atoms with Gasteiger partial charge in [-0.25, -0.2) is 0 Å². The first-order valence-electron chi connectivity index (χ1n) is 4.79. The van der Waals surface area contributed by atoms with Crippen LogP contribution in [0.4, 0.5) is 0 Å². The van der Waals surface area contributed by atoms with Crippen molar-refractivity contribution in [2.45, 2.75) is 33.6 Å². The van der Waals surface area contributed by atoms with Crippen LogP contribution in [0.5, 0.6) is 0 Å². The highest BCUT2D eigenvalue weighted by Crippen LogP contribution is 2.41. The van der Waals surface area contributed by atoms with Crippen LogP contribution in [-0.4, -0.2) is 18.0 Å². The molecule has 2 nitrogen and oxygen atoms in total. The van der Waals surface area contributed by atoms with Gasteiger partial charge in [0.2, 0.25) is 0 Å². The molecule has 1 aliphatic rings. The smallest absolute Gasteiger partial charge is 0.127 e. The fraction of sp³-hybridized carbons (Fsp3) is 0.727. The molecular formula is C11H18O2. The summed E-state index contributed by atoms with van der Waals surface area (Å²) < 4.78 is 0. The first-order valence-corrected chi connectivity index (χ1v) is 4.79. The van der Waals surface area contributed by atoms with Crippen LogP contribution < -0.4 is 0 Å². The lowest BCUT2D eigenvalue weighted by Crippen LogP contribution is -2.27.